The lowest BCUT2D eigenvalue weighted by Crippen LogP contribution is -2.39. The normalized spacial score (nSPS) is 15.4. The number of carbonyl (C=O) groups is 1. The quantitative estimate of drug-likeness (QED) is 0.445. The second-order valence-electron chi connectivity index (χ2n) is 7.53. The number of allylic oxidation sites excluding steroid dienone is 1. The molecule has 7 nitrogen and oxygen atoms in total. The summed E-state index contributed by atoms with van der Waals surface area (Å²) in [4.78, 5) is 18.1. The average Bonchev–Trinajstić information content (AvgIpc) is 2.78. The number of amides is 1. The Morgan fingerprint density at radius 1 is 1.25 bits per heavy atom. The van der Waals surface area contributed by atoms with Crippen molar-refractivity contribution in [2.45, 2.75) is 20.1 Å². The molecule has 170 valence electrons. The van der Waals surface area contributed by atoms with Crippen LogP contribution in [0.3, 0.4) is 0 Å². The Morgan fingerprint density at radius 3 is 2.75 bits per heavy atom. The molecule has 0 spiro atoms. The first kappa shape index (κ1) is 23.8. The standard InChI is InChI=1S/C24H29ClN4O3/c1-18(13-23(26)28-24(30)16-29-9-11-31-12-10-29)27-15-20-14-21(25)7-8-22(20)32-17-19-5-3-2-4-6-19/h2-8,13-14,27H,9-12,15-17H2,1H3,(H2,26,28,30)/b18-13-. The Hall–Kier alpha value is -2.87. The van der Waals surface area contributed by atoms with Crippen LogP contribution in [0, 0.1) is 0 Å². The molecule has 32 heavy (non-hydrogen) atoms. The van der Waals surface area contributed by atoms with Crippen molar-refractivity contribution in [1.29, 1.82) is 0 Å². The summed E-state index contributed by atoms with van der Waals surface area (Å²) in [6.45, 7) is 5.79. The first-order valence-electron chi connectivity index (χ1n) is 10.5. The fourth-order valence-electron chi connectivity index (χ4n) is 3.23. The van der Waals surface area contributed by atoms with Crippen molar-refractivity contribution >= 4 is 23.3 Å². The summed E-state index contributed by atoms with van der Waals surface area (Å²) in [7, 11) is 0. The van der Waals surface area contributed by atoms with Crippen molar-refractivity contribution in [3.8, 4) is 5.75 Å². The highest BCUT2D eigenvalue weighted by atomic mass is 35.5. The molecule has 8 heteroatoms. The predicted molar refractivity (Wildman–Crippen MR) is 127 cm³/mol. The third kappa shape index (κ3) is 8.00. The fraction of sp³-hybridized carbons (Fsp3) is 0.333. The maximum absolute atomic E-state index is 12.1. The van der Waals surface area contributed by atoms with Gasteiger partial charge in [0.25, 0.3) is 5.91 Å². The SMILES string of the molecule is C/C(=C/C(N)=NC(=O)CN1CCOCC1)NCc1cc(Cl)ccc1OCc1ccccc1. The van der Waals surface area contributed by atoms with Crippen LogP contribution in [-0.2, 0) is 22.7 Å². The zero-order valence-corrected chi connectivity index (χ0v) is 19.0. The highest BCUT2D eigenvalue weighted by molar-refractivity contribution is 6.30. The van der Waals surface area contributed by atoms with E-state index < -0.39 is 0 Å². The van der Waals surface area contributed by atoms with Crippen molar-refractivity contribution < 1.29 is 14.3 Å². The van der Waals surface area contributed by atoms with Crippen LogP contribution < -0.4 is 15.8 Å². The number of amidine groups is 1. The number of nitrogens with two attached hydrogens (primary N) is 1. The van der Waals surface area contributed by atoms with E-state index in [2.05, 4.69) is 10.3 Å². The number of nitrogens with zero attached hydrogens (tertiary/aromatic N) is 2. The van der Waals surface area contributed by atoms with Gasteiger partial charge in [0, 0.05) is 35.9 Å². The summed E-state index contributed by atoms with van der Waals surface area (Å²) >= 11 is 6.18. The van der Waals surface area contributed by atoms with Crippen LogP contribution in [0.1, 0.15) is 18.1 Å². The molecule has 0 unspecified atom stereocenters. The molecule has 0 saturated carbocycles. The highest BCUT2D eigenvalue weighted by Crippen LogP contribution is 2.24. The number of morpholine rings is 1. The lowest BCUT2D eigenvalue weighted by atomic mass is 10.2. The lowest BCUT2D eigenvalue weighted by Gasteiger charge is -2.24. The van der Waals surface area contributed by atoms with Crippen LogP contribution in [0.2, 0.25) is 5.02 Å². The van der Waals surface area contributed by atoms with Gasteiger partial charge in [-0.25, -0.2) is 0 Å². The van der Waals surface area contributed by atoms with Crippen molar-refractivity contribution in [2.75, 3.05) is 32.8 Å². The zero-order valence-electron chi connectivity index (χ0n) is 18.2. The monoisotopic (exact) mass is 456 g/mol. The number of halogens is 1. The molecule has 2 aromatic rings. The number of benzene rings is 2. The summed E-state index contributed by atoms with van der Waals surface area (Å²) in [5.41, 5.74) is 8.72. The van der Waals surface area contributed by atoms with Gasteiger partial charge in [-0.05, 0) is 36.8 Å². The third-order valence-corrected chi connectivity index (χ3v) is 5.13. The first-order valence-corrected chi connectivity index (χ1v) is 10.9. The van der Waals surface area contributed by atoms with Crippen LogP contribution >= 0.6 is 11.6 Å². The van der Waals surface area contributed by atoms with Gasteiger partial charge in [-0.3, -0.25) is 9.69 Å². The number of aliphatic imine (C=N–C) groups is 1. The molecular formula is C24H29ClN4O3. The van der Waals surface area contributed by atoms with E-state index >= 15 is 0 Å². The second kappa shape index (κ2) is 12.2. The fourth-order valence-corrected chi connectivity index (χ4v) is 3.43. The smallest absolute Gasteiger partial charge is 0.261 e. The number of rotatable bonds is 9. The van der Waals surface area contributed by atoms with E-state index in [9.17, 15) is 4.79 Å². The molecule has 1 fully saturated rings. The minimum Gasteiger partial charge on any atom is -0.489 e. The van der Waals surface area contributed by atoms with E-state index in [0.717, 1.165) is 35.7 Å². The van der Waals surface area contributed by atoms with E-state index in [1.165, 1.54) is 0 Å². The van der Waals surface area contributed by atoms with Gasteiger partial charge in [-0.15, -0.1) is 0 Å². The van der Waals surface area contributed by atoms with Crippen LogP contribution in [0.15, 0.2) is 65.3 Å². The number of nitrogens with one attached hydrogen (secondary N) is 1. The highest BCUT2D eigenvalue weighted by Gasteiger charge is 2.13. The van der Waals surface area contributed by atoms with Gasteiger partial charge in [0.05, 0.1) is 19.8 Å². The van der Waals surface area contributed by atoms with E-state index in [1.54, 1.807) is 12.1 Å². The average molecular weight is 457 g/mol. The van der Waals surface area contributed by atoms with Gasteiger partial charge < -0.3 is 20.5 Å². The van der Waals surface area contributed by atoms with E-state index in [0.29, 0.717) is 31.4 Å². The summed E-state index contributed by atoms with van der Waals surface area (Å²) < 4.78 is 11.3. The van der Waals surface area contributed by atoms with Crippen LogP contribution in [0.4, 0.5) is 0 Å². The lowest BCUT2D eigenvalue weighted by molar-refractivity contribution is -0.119. The molecule has 0 atom stereocenters. The van der Waals surface area contributed by atoms with Gasteiger partial charge in [-0.2, -0.15) is 4.99 Å². The van der Waals surface area contributed by atoms with Crippen molar-refractivity contribution in [2.24, 2.45) is 10.7 Å². The van der Waals surface area contributed by atoms with Gasteiger partial charge >= 0.3 is 0 Å². The second-order valence-corrected chi connectivity index (χ2v) is 7.96. The zero-order chi connectivity index (χ0) is 22.8. The largest absolute Gasteiger partial charge is 0.489 e. The Balaban J connectivity index is 1.55. The topological polar surface area (TPSA) is 89.2 Å². The summed E-state index contributed by atoms with van der Waals surface area (Å²) in [6, 6.07) is 15.5. The minimum absolute atomic E-state index is 0.167. The van der Waals surface area contributed by atoms with Gasteiger partial charge in [0.15, 0.2) is 0 Å². The Kier molecular flexibility index (Phi) is 9.10. The van der Waals surface area contributed by atoms with Gasteiger partial charge in [-0.1, -0.05) is 41.9 Å². The Bertz CT molecular complexity index is 957. The molecule has 1 saturated heterocycles. The van der Waals surface area contributed by atoms with Crippen molar-refractivity contribution in [3.63, 3.8) is 0 Å². The Morgan fingerprint density at radius 2 is 2.00 bits per heavy atom. The molecule has 0 radical (unpaired) electrons. The van der Waals surface area contributed by atoms with E-state index in [1.807, 2.05) is 54.3 Å². The molecular weight excluding hydrogens is 428 g/mol. The molecule has 1 aliphatic rings. The van der Waals surface area contributed by atoms with E-state index in [4.69, 9.17) is 26.8 Å². The number of carbonyl (C=O) groups excluding carboxylic acids is 1. The maximum Gasteiger partial charge on any atom is 0.261 e. The number of hydrogen-bond acceptors (Lipinski definition) is 5. The molecule has 0 bridgehead atoms. The van der Waals surface area contributed by atoms with Gasteiger partial charge in [0.2, 0.25) is 0 Å². The molecule has 1 aliphatic heterocycles. The summed E-state index contributed by atoms with van der Waals surface area (Å²) in [6.07, 6.45) is 1.65. The summed E-state index contributed by atoms with van der Waals surface area (Å²) in [5, 5.41) is 3.90. The molecule has 3 rings (SSSR count). The minimum atomic E-state index is -0.264. The molecule has 1 heterocycles. The molecule has 3 N–H and O–H groups in total. The predicted octanol–water partition coefficient (Wildman–Crippen LogP) is 3.13. The van der Waals surface area contributed by atoms with Gasteiger partial charge in [0.1, 0.15) is 18.2 Å². The molecule has 0 aliphatic carbocycles. The molecule has 2 aromatic carbocycles. The van der Waals surface area contributed by atoms with E-state index in [-0.39, 0.29) is 18.3 Å². The summed E-state index contributed by atoms with van der Waals surface area (Å²) in [5.74, 6) is 0.653. The maximum atomic E-state index is 12.1. The van der Waals surface area contributed by atoms with Crippen LogP contribution in [0.5, 0.6) is 5.75 Å². The van der Waals surface area contributed by atoms with Crippen molar-refractivity contribution in [1.82, 2.24) is 10.2 Å². The molecule has 0 aromatic heterocycles. The third-order valence-electron chi connectivity index (χ3n) is 4.90. The number of hydrogen-bond donors (Lipinski definition) is 2. The number of ether oxygens (including phenoxy) is 2. The van der Waals surface area contributed by atoms with Crippen LogP contribution in [-0.4, -0.2) is 49.5 Å². The first-order chi connectivity index (χ1) is 15.5. The van der Waals surface area contributed by atoms with Crippen molar-refractivity contribution in [3.05, 3.63) is 76.5 Å². The van der Waals surface area contributed by atoms with Crippen LogP contribution in [0.25, 0.3) is 0 Å². The Labute approximate surface area is 193 Å². The molecule has 1 amide bonds.